The van der Waals surface area contributed by atoms with Crippen LogP contribution in [0, 0.1) is 6.92 Å². The van der Waals surface area contributed by atoms with Crippen molar-refractivity contribution in [3.05, 3.63) is 65.2 Å². The molecule has 0 unspecified atom stereocenters. The second-order valence-electron chi connectivity index (χ2n) is 7.57. The summed E-state index contributed by atoms with van der Waals surface area (Å²) < 4.78 is 5.60. The fraction of sp³-hybridized carbons (Fsp3) is 0.375. The molecule has 0 saturated carbocycles. The number of nitrogens with one attached hydrogen (secondary N) is 1. The van der Waals surface area contributed by atoms with Crippen molar-refractivity contribution in [2.45, 2.75) is 31.9 Å². The number of aryl methyl sites for hydroxylation is 1. The van der Waals surface area contributed by atoms with E-state index >= 15 is 0 Å². The molecule has 3 rings (SSSR count). The van der Waals surface area contributed by atoms with Crippen molar-refractivity contribution in [2.75, 3.05) is 25.4 Å². The van der Waals surface area contributed by atoms with Crippen LogP contribution in [0.5, 0.6) is 5.75 Å². The molecule has 2 aromatic rings. The Bertz CT molecular complexity index is 876. The number of hydrogen-bond donors (Lipinski definition) is 1. The zero-order valence-electron chi connectivity index (χ0n) is 17.9. The van der Waals surface area contributed by atoms with Crippen molar-refractivity contribution in [1.29, 1.82) is 0 Å². The van der Waals surface area contributed by atoms with E-state index < -0.39 is 0 Å². The lowest BCUT2D eigenvalue weighted by Gasteiger charge is -2.26. The van der Waals surface area contributed by atoms with Crippen molar-refractivity contribution in [3.63, 3.8) is 0 Å². The SMILES string of the molecule is Cc1ccc(CSCC(=O)N/N=C\c2ccc(OCC(=O)N3CCCCC3)cc2)cc1. The number of likely N-dealkylation sites (tertiary alicyclic amines) is 1. The van der Waals surface area contributed by atoms with E-state index in [1.54, 1.807) is 30.1 Å². The molecule has 0 aliphatic carbocycles. The highest BCUT2D eigenvalue weighted by Crippen LogP contribution is 2.14. The molecule has 7 heteroatoms. The fourth-order valence-corrected chi connectivity index (χ4v) is 3.97. The average molecular weight is 440 g/mol. The van der Waals surface area contributed by atoms with Gasteiger partial charge in [0.05, 0.1) is 12.0 Å². The van der Waals surface area contributed by atoms with Gasteiger partial charge in [0.1, 0.15) is 5.75 Å². The number of nitrogens with zero attached hydrogens (tertiary/aromatic N) is 2. The van der Waals surface area contributed by atoms with Gasteiger partial charge < -0.3 is 9.64 Å². The summed E-state index contributed by atoms with van der Waals surface area (Å²) in [5.41, 5.74) is 5.81. The van der Waals surface area contributed by atoms with Crippen molar-refractivity contribution in [3.8, 4) is 5.75 Å². The molecule has 0 bridgehead atoms. The lowest BCUT2D eigenvalue weighted by atomic mass is 10.1. The van der Waals surface area contributed by atoms with Crippen LogP contribution in [0.25, 0.3) is 0 Å². The number of carbonyl (C=O) groups is 2. The third-order valence-corrected chi connectivity index (χ3v) is 5.98. The zero-order chi connectivity index (χ0) is 21.9. The Kier molecular flexibility index (Phi) is 8.97. The van der Waals surface area contributed by atoms with Gasteiger partial charge in [0, 0.05) is 18.8 Å². The maximum atomic E-state index is 12.2. The Morgan fingerprint density at radius 2 is 1.77 bits per heavy atom. The van der Waals surface area contributed by atoms with Crippen LogP contribution in [0.1, 0.15) is 36.0 Å². The average Bonchev–Trinajstić information content (AvgIpc) is 2.80. The molecule has 2 aromatic carbocycles. The first-order chi connectivity index (χ1) is 15.1. The van der Waals surface area contributed by atoms with Crippen LogP contribution in [0.15, 0.2) is 53.6 Å². The van der Waals surface area contributed by atoms with Crippen LogP contribution in [0.2, 0.25) is 0 Å². The van der Waals surface area contributed by atoms with Gasteiger partial charge in [-0.15, -0.1) is 11.8 Å². The van der Waals surface area contributed by atoms with Gasteiger partial charge in [-0.3, -0.25) is 9.59 Å². The Hall–Kier alpha value is -2.80. The van der Waals surface area contributed by atoms with E-state index in [2.05, 4.69) is 41.7 Å². The smallest absolute Gasteiger partial charge is 0.260 e. The van der Waals surface area contributed by atoms with Crippen molar-refractivity contribution < 1.29 is 14.3 Å². The van der Waals surface area contributed by atoms with Gasteiger partial charge in [-0.05, 0) is 61.6 Å². The minimum absolute atomic E-state index is 0.0355. The highest BCUT2D eigenvalue weighted by Gasteiger charge is 2.16. The Morgan fingerprint density at radius 3 is 2.48 bits per heavy atom. The summed E-state index contributed by atoms with van der Waals surface area (Å²) in [6, 6.07) is 15.6. The molecule has 0 aromatic heterocycles. The molecule has 1 heterocycles. The topological polar surface area (TPSA) is 71.0 Å². The summed E-state index contributed by atoms with van der Waals surface area (Å²) >= 11 is 1.55. The summed E-state index contributed by atoms with van der Waals surface area (Å²) in [5.74, 6) is 1.68. The van der Waals surface area contributed by atoms with Gasteiger partial charge in [-0.25, -0.2) is 5.43 Å². The van der Waals surface area contributed by atoms with Crippen molar-refractivity contribution in [2.24, 2.45) is 5.10 Å². The second kappa shape index (κ2) is 12.2. The van der Waals surface area contributed by atoms with Crippen molar-refractivity contribution >= 4 is 29.8 Å². The van der Waals surface area contributed by atoms with Gasteiger partial charge >= 0.3 is 0 Å². The molecule has 1 N–H and O–H groups in total. The number of piperidine rings is 1. The first-order valence-corrected chi connectivity index (χ1v) is 11.7. The summed E-state index contributed by atoms with van der Waals surface area (Å²) in [4.78, 5) is 25.9. The van der Waals surface area contributed by atoms with E-state index in [9.17, 15) is 9.59 Å². The molecule has 6 nitrogen and oxygen atoms in total. The van der Waals surface area contributed by atoms with E-state index in [0.717, 1.165) is 37.2 Å². The van der Waals surface area contributed by atoms with Gasteiger partial charge in [0.15, 0.2) is 6.61 Å². The minimum atomic E-state index is -0.135. The monoisotopic (exact) mass is 439 g/mol. The highest BCUT2D eigenvalue weighted by molar-refractivity contribution is 7.99. The molecule has 1 aliphatic heterocycles. The lowest BCUT2D eigenvalue weighted by molar-refractivity contribution is -0.134. The molecule has 31 heavy (non-hydrogen) atoms. The van der Waals surface area contributed by atoms with Crippen molar-refractivity contribution in [1.82, 2.24) is 10.3 Å². The van der Waals surface area contributed by atoms with Crippen LogP contribution >= 0.6 is 11.8 Å². The fourth-order valence-electron chi connectivity index (χ4n) is 3.19. The molecule has 1 fully saturated rings. The van der Waals surface area contributed by atoms with Gasteiger partial charge in [0.25, 0.3) is 5.91 Å². The lowest BCUT2D eigenvalue weighted by Crippen LogP contribution is -2.38. The minimum Gasteiger partial charge on any atom is -0.484 e. The Morgan fingerprint density at radius 1 is 1.06 bits per heavy atom. The van der Waals surface area contributed by atoms with E-state index in [0.29, 0.717) is 11.5 Å². The van der Waals surface area contributed by atoms with Crippen LogP contribution in [0.3, 0.4) is 0 Å². The van der Waals surface area contributed by atoms with Gasteiger partial charge in [-0.2, -0.15) is 5.10 Å². The molecular weight excluding hydrogens is 410 g/mol. The number of ether oxygens (including phenoxy) is 1. The van der Waals surface area contributed by atoms with Crippen LogP contribution < -0.4 is 10.2 Å². The second-order valence-corrected chi connectivity index (χ2v) is 8.56. The molecule has 0 radical (unpaired) electrons. The molecule has 1 saturated heterocycles. The number of rotatable bonds is 9. The van der Waals surface area contributed by atoms with Gasteiger partial charge in [0.2, 0.25) is 5.91 Å². The number of hydrogen-bond acceptors (Lipinski definition) is 5. The van der Waals surface area contributed by atoms with E-state index in [1.165, 1.54) is 17.5 Å². The Labute approximate surface area is 188 Å². The first kappa shape index (κ1) is 22.9. The summed E-state index contributed by atoms with van der Waals surface area (Å²) in [7, 11) is 0. The molecule has 1 aliphatic rings. The maximum Gasteiger partial charge on any atom is 0.260 e. The first-order valence-electron chi connectivity index (χ1n) is 10.6. The number of thioether (sulfide) groups is 1. The molecule has 2 amide bonds. The number of amides is 2. The Balaban J connectivity index is 1.34. The van der Waals surface area contributed by atoms with Crippen LogP contribution in [-0.4, -0.2) is 48.4 Å². The summed E-state index contributed by atoms with van der Waals surface area (Å²) in [6.07, 6.45) is 4.93. The number of carbonyl (C=O) groups excluding carboxylic acids is 2. The quantitative estimate of drug-likeness (QED) is 0.477. The highest BCUT2D eigenvalue weighted by atomic mass is 32.2. The maximum absolute atomic E-state index is 12.2. The predicted octanol–water partition coefficient (Wildman–Crippen LogP) is 3.77. The van der Waals surface area contributed by atoms with Crippen LogP contribution in [0.4, 0.5) is 0 Å². The number of hydrazone groups is 1. The predicted molar refractivity (Wildman–Crippen MR) is 125 cm³/mol. The molecule has 0 spiro atoms. The van der Waals surface area contributed by atoms with E-state index in [4.69, 9.17) is 4.74 Å². The van der Waals surface area contributed by atoms with Gasteiger partial charge in [-0.1, -0.05) is 29.8 Å². The third-order valence-electron chi connectivity index (χ3n) is 4.98. The largest absolute Gasteiger partial charge is 0.484 e. The summed E-state index contributed by atoms with van der Waals surface area (Å²) in [6.45, 7) is 3.77. The standard InChI is InChI=1S/C24H29N3O3S/c1-19-5-7-21(8-6-19)17-31-18-23(28)26-25-15-20-9-11-22(12-10-20)30-16-24(29)27-13-3-2-4-14-27/h5-12,15H,2-4,13-14,16-18H2,1H3,(H,26,28)/b25-15-. The molecular formula is C24H29N3O3S. The van der Waals surface area contributed by atoms with Crippen LogP contribution in [-0.2, 0) is 15.3 Å². The van der Waals surface area contributed by atoms with E-state index in [-0.39, 0.29) is 18.4 Å². The molecule has 164 valence electrons. The third kappa shape index (κ3) is 8.09. The normalized spacial score (nSPS) is 13.9. The summed E-state index contributed by atoms with van der Waals surface area (Å²) in [5, 5.41) is 4.00. The number of benzene rings is 2. The molecule has 0 atom stereocenters. The van der Waals surface area contributed by atoms with E-state index in [1.807, 2.05) is 17.0 Å². The zero-order valence-corrected chi connectivity index (χ0v) is 18.7.